The largest absolute Gasteiger partial charge is 0.478 e. The van der Waals surface area contributed by atoms with Crippen molar-refractivity contribution in [2.24, 2.45) is 0 Å². The number of nitrogens with zero attached hydrogens (tertiary/aromatic N) is 2. The van der Waals surface area contributed by atoms with Crippen LogP contribution < -0.4 is 10.1 Å². The van der Waals surface area contributed by atoms with Gasteiger partial charge < -0.3 is 10.1 Å². The quantitative estimate of drug-likeness (QED) is 0.944. The maximum Gasteiger partial charge on any atom is 0.236 e. The molecule has 0 aliphatic carbocycles. The second-order valence-corrected chi connectivity index (χ2v) is 4.78. The van der Waals surface area contributed by atoms with E-state index in [0.29, 0.717) is 29.3 Å². The van der Waals surface area contributed by atoms with Crippen LogP contribution in [0.25, 0.3) is 0 Å². The van der Waals surface area contributed by atoms with Crippen molar-refractivity contribution in [3.8, 4) is 11.9 Å². The number of hydrogen-bond donors (Lipinski definition) is 1. The molecule has 5 nitrogen and oxygen atoms in total. The lowest BCUT2D eigenvalue weighted by Gasteiger charge is -2.13. The monoisotopic (exact) mass is 297 g/mol. The Kier molecular flexibility index (Phi) is 3.47. The van der Waals surface area contributed by atoms with Gasteiger partial charge in [0.05, 0.1) is 18.1 Å². The number of benzene rings is 1. The van der Waals surface area contributed by atoms with Crippen LogP contribution in [0.3, 0.4) is 0 Å². The van der Waals surface area contributed by atoms with Crippen LogP contribution in [-0.2, 0) is 4.79 Å². The molecular weight excluding hydrogens is 285 g/mol. The predicted octanol–water partition coefficient (Wildman–Crippen LogP) is 2.58. The molecule has 0 saturated heterocycles. The molecule has 1 amide bonds. The van der Waals surface area contributed by atoms with Gasteiger partial charge in [0.15, 0.2) is 0 Å². The fourth-order valence-electron chi connectivity index (χ4n) is 2.56. The Labute approximate surface area is 126 Å². The van der Waals surface area contributed by atoms with Gasteiger partial charge in [-0.2, -0.15) is 5.26 Å². The molecule has 0 fully saturated rings. The fraction of sp³-hybridized carbons (Fsp3) is 0.188. The van der Waals surface area contributed by atoms with E-state index in [4.69, 9.17) is 10.00 Å². The van der Waals surface area contributed by atoms with E-state index >= 15 is 0 Å². The summed E-state index contributed by atoms with van der Waals surface area (Å²) in [5.41, 5.74) is 1.42. The van der Waals surface area contributed by atoms with Crippen LogP contribution in [0.5, 0.6) is 5.88 Å². The van der Waals surface area contributed by atoms with Crippen molar-refractivity contribution >= 4 is 11.6 Å². The normalized spacial score (nSPS) is 15.9. The van der Waals surface area contributed by atoms with Gasteiger partial charge in [0.1, 0.15) is 11.9 Å². The first-order valence-electron chi connectivity index (χ1n) is 6.77. The molecule has 1 atom stereocenters. The molecule has 1 aromatic heterocycles. The van der Waals surface area contributed by atoms with Crippen LogP contribution in [-0.4, -0.2) is 17.5 Å². The number of anilines is 1. The summed E-state index contributed by atoms with van der Waals surface area (Å²) < 4.78 is 19.2. The minimum absolute atomic E-state index is 0.0953. The summed E-state index contributed by atoms with van der Waals surface area (Å²) in [5.74, 6) is -1.25. The van der Waals surface area contributed by atoms with Gasteiger partial charge in [-0.05, 0) is 30.7 Å². The highest BCUT2D eigenvalue weighted by atomic mass is 19.1. The van der Waals surface area contributed by atoms with Crippen molar-refractivity contribution in [3.63, 3.8) is 0 Å². The van der Waals surface area contributed by atoms with E-state index in [1.54, 1.807) is 24.4 Å². The lowest BCUT2D eigenvalue weighted by molar-refractivity contribution is -0.116. The van der Waals surface area contributed by atoms with Crippen molar-refractivity contribution in [2.45, 2.75) is 12.8 Å². The number of halogens is 1. The summed E-state index contributed by atoms with van der Waals surface area (Å²) in [6.07, 6.45) is 1.58. The van der Waals surface area contributed by atoms with E-state index in [2.05, 4.69) is 10.3 Å². The van der Waals surface area contributed by atoms with Crippen molar-refractivity contribution in [1.29, 1.82) is 5.26 Å². The van der Waals surface area contributed by atoms with Crippen LogP contribution in [0.15, 0.2) is 30.5 Å². The first-order valence-corrected chi connectivity index (χ1v) is 6.77. The Morgan fingerprint density at radius 3 is 3.00 bits per heavy atom. The Balaban J connectivity index is 2.15. The number of carbonyl (C=O) groups excluding carboxylic acids is 1. The second kappa shape index (κ2) is 5.45. The van der Waals surface area contributed by atoms with Crippen LogP contribution in [0.4, 0.5) is 10.1 Å². The lowest BCUT2D eigenvalue weighted by atomic mass is 9.92. The zero-order valence-corrected chi connectivity index (χ0v) is 11.8. The van der Waals surface area contributed by atoms with Gasteiger partial charge in [0.2, 0.25) is 11.8 Å². The van der Waals surface area contributed by atoms with Crippen LogP contribution >= 0.6 is 0 Å². The highest BCUT2D eigenvalue weighted by Crippen LogP contribution is 2.40. The molecule has 1 aliphatic rings. The number of amides is 1. The molecule has 0 saturated carbocycles. The Hall–Kier alpha value is -2.94. The molecule has 0 radical (unpaired) electrons. The highest BCUT2D eigenvalue weighted by Gasteiger charge is 2.35. The first-order chi connectivity index (χ1) is 10.7. The highest BCUT2D eigenvalue weighted by molar-refractivity contribution is 6.05. The van der Waals surface area contributed by atoms with E-state index in [1.165, 1.54) is 12.1 Å². The summed E-state index contributed by atoms with van der Waals surface area (Å²) in [5, 5.41) is 11.6. The molecule has 110 valence electrons. The van der Waals surface area contributed by atoms with E-state index < -0.39 is 11.7 Å². The Bertz CT molecular complexity index is 798. The second-order valence-electron chi connectivity index (χ2n) is 4.78. The molecule has 1 N–H and O–H groups in total. The van der Waals surface area contributed by atoms with Gasteiger partial charge in [0, 0.05) is 17.4 Å². The van der Waals surface area contributed by atoms with Crippen molar-refractivity contribution in [1.82, 2.24) is 4.98 Å². The average Bonchev–Trinajstić information content (AvgIpc) is 2.82. The number of fused-ring (bicyclic) bond motifs is 1. The standard InChI is InChI=1S/C16H12FN3O2/c1-2-22-16-10(4-3-5-19-16)14-11-6-9(8-18)12(17)7-13(11)20-15(14)21/h3-7,14H,2H2,1H3,(H,20,21). The maximum atomic E-state index is 13.7. The first kappa shape index (κ1) is 14.0. The van der Waals surface area contributed by atoms with Gasteiger partial charge in [-0.1, -0.05) is 6.07 Å². The molecule has 0 spiro atoms. The van der Waals surface area contributed by atoms with E-state index in [-0.39, 0.29) is 11.5 Å². The molecule has 1 unspecified atom stereocenters. The third-order valence-corrected chi connectivity index (χ3v) is 3.48. The van der Waals surface area contributed by atoms with Crippen LogP contribution in [0.1, 0.15) is 29.5 Å². The summed E-state index contributed by atoms with van der Waals surface area (Å²) in [6.45, 7) is 2.24. The molecular formula is C16H12FN3O2. The Morgan fingerprint density at radius 2 is 2.27 bits per heavy atom. The third-order valence-electron chi connectivity index (χ3n) is 3.48. The summed E-state index contributed by atoms with van der Waals surface area (Å²) in [6, 6.07) is 7.81. The van der Waals surface area contributed by atoms with E-state index in [9.17, 15) is 9.18 Å². The number of aromatic nitrogens is 1. The topological polar surface area (TPSA) is 75.0 Å². The minimum atomic E-state index is -0.669. The molecule has 6 heteroatoms. The smallest absolute Gasteiger partial charge is 0.236 e. The molecule has 1 aromatic carbocycles. The maximum absolute atomic E-state index is 13.7. The van der Waals surface area contributed by atoms with Gasteiger partial charge in [-0.25, -0.2) is 9.37 Å². The number of carbonyl (C=O) groups is 1. The van der Waals surface area contributed by atoms with Gasteiger partial charge in [-0.3, -0.25) is 4.79 Å². The van der Waals surface area contributed by atoms with Gasteiger partial charge in [0.25, 0.3) is 0 Å². The molecule has 3 rings (SSSR count). The van der Waals surface area contributed by atoms with E-state index in [0.717, 1.165) is 0 Å². The fourth-order valence-corrected chi connectivity index (χ4v) is 2.56. The number of nitrogens with one attached hydrogen (secondary N) is 1. The molecule has 22 heavy (non-hydrogen) atoms. The number of nitriles is 1. The van der Waals surface area contributed by atoms with Crippen LogP contribution in [0, 0.1) is 17.1 Å². The molecule has 2 aromatic rings. The summed E-state index contributed by atoms with van der Waals surface area (Å²) in [7, 11) is 0. The predicted molar refractivity (Wildman–Crippen MR) is 77.0 cm³/mol. The van der Waals surface area contributed by atoms with Gasteiger partial charge >= 0.3 is 0 Å². The van der Waals surface area contributed by atoms with E-state index in [1.807, 2.05) is 6.92 Å². The van der Waals surface area contributed by atoms with Crippen molar-refractivity contribution in [2.75, 3.05) is 11.9 Å². The molecule has 2 heterocycles. The van der Waals surface area contributed by atoms with Crippen molar-refractivity contribution in [3.05, 3.63) is 53.0 Å². The zero-order valence-electron chi connectivity index (χ0n) is 11.8. The number of pyridine rings is 1. The summed E-state index contributed by atoms with van der Waals surface area (Å²) in [4.78, 5) is 16.4. The van der Waals surface area contributed by atoms with Gasteiger partial charge in [-0.15, -0.1) is 0 Å². The minimum Gasteiger partial charge on any atom is -0.478 e. The molecule has 0 bridgehead atoms. The Morgan fingerprint density at radius 1 is 1.45 bits per heavy atom. The lowest BCUT2D eigenvalue weighted by Crippen LogP contribution is -2.15. The number of hydrogen-bond acceptors (Lipinski definition) is 4. The van der Waals surface area contributed by atoms with Crippen LogP contribution in [0.2, 0.25) is 0 Å². The third kappa shape index (κ3) is 2.17. The zero-order chi connectivity index (χ0) is 15.7. The number of rotatable bonds is 3. The average molecular weight is 297 g/mol. The van der Waals surface area contributed by atoms with Crippen molar-refractivity contribution < 1.29 is 13.9 Å². The molecule has 1 aliphatic heterocycles. The summed E-state index contributed by atoms with van der Waals surface area (Å²) >= 11 is 0. The number of ether oxygens (including phenoxy) is 1. The SMILES string of the molecule is CCOc1ncccc1C1C(=O)Nc2cc(F)c(C#N)cc21.